The number of aromatic nitrogens is 1. The number of benzene rings is 2. The van der Waals surface area contributed by atoms with Gasteiger partial charge in [0, 0.05) is 24.2 Å². The van der Waals surface area contributed by atoms with E-state index in [4.69, 9.17) is 14.2 Å². The third kappa shape index (κ3) is 3.72. The number of aliphatic carboxylic acids is 1. The average Bonchev–Trinajstić information content (AvgIpc) is 3.60. The molecule has 0 bridgehead atoms. The van der Waals surface area contributed by atoms with Crippen LogP contribution in [0.4, 0.5) is 5.69 Å². The van der Waals surface area contributed by atoms with Crippen LogP contribution in [0.1, 0.15) is 12.8 Å². The van der Waals surface area contributed by atoms with Crippen LogP contribution in [0.25, 0.3) is 10.9 Å². The Morgan fingerprint density at radius 3 is 2.23 bits per heavy atom. The number of ether oxygens (including phenoxy) is 3. The molecule has 8 nitrogen and oxygen atoms in total. The van der Waals surface area contributed by atoms with Gasteiger partial charge >= 0.3 is 5.97 Å². The number of carboxylic acids is 1. The van der Waals surface area contributed by atoms with Crippen molar-refractivity contribution in [2.45, 2.75) is 12.8 Å². The number of amides is 1. The zero-order valence-electron chi connectivity index (χ0n) is 17.4. The van der Waals surface area contributed by atoms with Crippen LogP contribution in [-0.2, 0) is 9.59 Å². The van der Waals surface area contributed by atoms with Gasteiger partial charge in [0.15, 0.2) is 11.5 Å². The molecular weight excluding hydrogens is 400 g/mol. The molecule has 0 saturated heterocycles. The van der Waals surface area contributed by atoms with E-state index in [1.807, 2.05) is 12.1 Å². The fourth-order valence-electron chi connectivity index (χ4n) is 3.45. The minimum atomic E-state index is -1.27. The van der Waals surface area contributed by atoms with Gasteiger partial charge in [-0.25, -0.2) is 0 Å². The molecule has 1 amide bonds. The molecular formula is C23H22N2O6. The quantitative estimate of drug-likeness (QED) is 0.577. The highest BCUT2D eigenvalue weighted by Gasteiger charge is 2.58. The standard InChI is InChI=1S/C23H22N2O6/c1-25(21(26)23(8-9-23)22(27)28)15-4-6-16(7-5-15)31-17-10-14-11-19(29-2)20(30-3)12-18(14)24-13-17/h4-7,10-13H,8-9H2,1-3H3,(H,27,28). The highest BCUT2D eigenvalue weighted by Crippen LogP contribution is 2.48. The summed E-state index contributed by atoms with van der Waals surface area (Å²) in [5.74, 6) is 0.826. The van der Waals surface area contributed by atoms with Crippen molar-refractivity contribution in [2.24, 2.45) is 5.41 Å². The SMILES string of the molecule is COc1cc2cc(Oc3ccc(N(C)C(=O)C4(C(=O)O)CC4)cc3)cnc2cc1OC. The first kappa shape index (κ1) is 20.5. The van der Waals surface area contributed by atoms with Crippen molar-refractivity contribution < 1.29 is 28.9 Å². The highest BCUT2D eigenvalue weighted by atomic mass is 16.5. The Kier molecular flexibility index (Phi) is 5.14. The number of hydrogen-bond acceptors (Lipinski definition) is 6. The number of anilines is 1. The second-order valence-electron chi connectivity index (χ2n) is 7.42. The minimum Gasteiger partial charge on any atom is -0.493 e. The van der Waals surface area contributed by atoms with Crippen LogP contribution in [0.15, 0.2) is 48.7 Å². The molecule has 3 aromatic rings. The number of pyridine rings is 1. The molecule has 160 valence electrons. The summed E-state index contributed by atoms with van der Waals surface area (Å²) < 4.78 is 16.5. The first-order chi connectivity index (χ1) is 14.9. The molecule has 2 aromatic carbocycles. The molecule has 1 aliphatic rings. The third-order valence-corrected chi connectivity index (χ3v) is 5.49. The number of methoxy groups -OCH3 is 2. The van der Waals surface area contributed by atoms with Crippen LogP contribution in [0.3, 0.4) is 0 Å². The molecule has 0 spiro atoms. The molecule has 4 rings (SSSR count). The van der Waals surface area contributed by atoms with Gasteiger partial charge in [-0.05, 0) is 49.2 Å². The third-order valence-electron chi connectivity index (χ3n) is 5.49. The minimum absolute atomic E-state index is 0.373. The summed E-state index contributed by atoms with van der Waals surface area (Å²) >= 11 is 0. The van der Waals surface area contributed by atoms with Gasteiger partial charge in [-0.1, -0.05) is 0 Å². The number of hydrogen-bond donors (Lipinski definition) is 1. The largest absolute Gasteiger partial charge is 0.493 e. The Labute approximate surface area is 179 Å². The Morgan fingerprint density at radius 1 is 1.00 bits per heavy atom. The lowest BCUT2D eigenvalue weighted by atomic mass is 10.1. The zero-order chi connectivity index (χ0) is 22.2. The van der Waals surface area contributed by atoms with E-state index in [1.54, 1.807) is 57.8 Å². The molecule has 1 saturated carbocycles. The Hall–Kier alpha value is -3.81. The topological polar surface area (TPSA) is 98.2 Å². The molecule has 0 radical (unpaired) electrons. The molecule has 1 heterocycles. The van der Waals surface area contributed by atoms with E-state index in [0.29, 0.717) is 41.5 Å². The number of nitrogens with zero attached hydrogens (tertiary/aromatic N) is 2. The van der Waals surface area contributed by atoms with Crippen LogP contribution < -0.4 is 19.1 Å². The Balaban J connectivity index is 1.52. The van der Waals surface area contributed by atoms with E-state index in [-0.39, 0.29) is 0 Å². The fourth-order valence-corrected chi connectivity index (χ4v) is 3.45. The van der Waals surface area contributed by atoms with E-state index < -0.39 is 17.3 Å². The maximum atomic E-state index is 12.6. The van der Waals surface area contributed by atoms with Crippen LogP contribution >= 0.6 is 0 Å². The van der Waals surface area contributed by atoms with Crippen molar-refractivity contribution in [3.05, 3.63) is 48.7 Å². The van der Waals surface area contributed by atoms with Gasteiger partial charge in [0.05, 0.1) is 25.9 Å². The summed E-state index contributed by atoms with van der Waals surface area (Å²) in [7, 11) is 4.72. The van der Waals surface area contributed by atoms with Gasteiger partial charge in [-0.3, -0.25) is 14.6 Å². The first-order valence-corrected chi connectivity index (χ1v) is 9.69. The van der Waals surface area contributed by atoms with Crippen molar-refractivity contribution in [1.82, 2.24) is 4.98 Å². The predicted octanol–water partition coefficient (Wildman–Crippen LogP) is 3.87. The Bertz CT molecular complexity index is 1150. The molecule has 8 heteroatoms. The van der Waals surface area contributed by atoms with E-state index in [1.165, 1.54) is 4.90 Å². The second-order valence-corrected chi connectivity index (χ2v) is 7.42. The van der Waals surface area contributed by atoms with E-state index >= 15 is 0 Å². The van der Waals surface area contributed by atoms with Crippen molar-refractivity contribution >= 4 is 28.5 Å². The molecule has 0 atom stereocenters. The van der Waals surface area contributed by atoms with Gasteiger partial charge in [0.25, 0.3) is 0 Å². The molecule has 1 fully saturated rings. The molecule has 0 unspecified atom stereocenters. The van der Waals surface area contributed by atoms with Crippen LogP contribution in [-0.4, -0.2) is 43.2 Å². The smallest absolute Gasteiger partial charge is 0.319 e. The number of rotatable bonds is 7. The van der Waals surface area contributed by atoms with E-state index in [2.05, 4.69) is 4.98 Å². The molecule has 0 aliphatic heterocycles. The summed E-state index contributed by atoms with van der Waals surface area (Å²) in [6.07, 6.45) is 2.36. The van der Waals surface area contributed by atoms with E-state index in [0.717, 1.165) is 10.9 Å². The van der Waals surface area contributed by atoms with Crippen molar-refractivity contribution in [3.8, 4) is 23.0 Å². The van der Waals surface area contributed by atoms with Crippen molar-refractivity contribution in [3.63, 3.8) is 0 Å². The summed E-state index contributed by atoms with van der Waals surface area (Å²) in [4.78, 5) is 29.7. The van der Waals surface area contributed by atoms with Crippen LogP contribution in [0, 0.1) is 5.41 Å². The predicted molar refractivity (Wildman–Crippen MR) is 114 cm³/mol. The number of carboxylic acid groups (broad SMARTS) is 1. The average molecular weight is 422 g/mol. The lowest BCUT2D eigenvalue weighted by Crippen LogP contribution is -2.38. The summed E-state index contributed by atoms with van der Waals surface area (Å²) in [5, 5.41) is 10.2. The number of carbonyl (C=O) groups excluding carboxylic acids is 1. The van der Waals surface area contributed by atoms with E-state index in [9.17, 15) is 14.7 Å². The van der Waals surface area contributed by atoms with Crippen LogP contribution in [0.5, 0.6) is 23.0 Å². The first-order valence-electron chi connectivity index (χ1n) is 9.69. The molecule has 1 aromatic heterocycles. The maximum absolute atomic E-state index is 12.6. The van der Waals surface area contributed by atoms with Crippen molar-refractivity contribution in [2.75, 3.05) is 26.2 Å². The molecule has 31 heavy (non-hydrogen) atoms. The van der Waals surface area contributed by atoms with Crippen molar-refractivity contribution in [1.29, 1.82) is 0 Å². The zero-order valence-corrected chi connectivity index (χ0v) is 17.4. The van der Waals surface area contributed by atoms with Gasteiger partial charge in [-0.15, -0.1) is 0 Å². The molecule has 1 N–H and O–H groups in total. The summed E-state index contributed by atoms with van der Waals surface area (Å²) in [5.41, 5.74) is 0.0657. The summed E-state index contributed by atoms with van der Waals surface area (Å²) in [6, 6.07) is 12.3. The number of carbonyl (C=O) groups is 2. The monoisotopic (exact) mass is 422 g/mol. The Morgan fingerprint density at radius 2 is 1.65 bits per heavy atom. The van der Waals surface area contributed by atoms with Gasteiger partial charge in [0.2, 0.25) is 5.91 Å². The van der Waals surface area contributed by atoms with Gasteiger partial charge in [0.1, 0.15) is 16.9 Å². The lowest BCUT2D eigenvalue weighted by molar-refractivity contribution is -0.148. The fraction of sp³-hybridized carbons (Fsp3) is 0.261. The second kappa shape index (κ2) is 7.79. The maximum Gasteiger partial charge on any atom is 0.319 e. The van der Waals surface area contributed by atoms with Gasteiger partial charge in [-0.2, -0.15) is 0 Å². The van der Waals surface area contributed by atoms with Crippen LogP contribution in [0.2, 0.25) is 0 Å². The van der Waals surface area contributed by atoms with Gasteiger partial charge < -0.3 is 24.2 Å². The molecule has 1 aliphatic carbocycles. The lowest BCUT2D eigenvalue weighted by Gasteiger charge is -2.21. The highest BCUT2D eigenvalue weighted by molar-refractivity contribution is 6.11. The number of fused-ring (bicyclic) bond motifs is 1. The normalized spacial score (nSPS) is 14.0. The summed E-state index contributed by atoms with van der Waals surface area (Å²) in [6.45, 7) is 0.